The Morgan fingerprint density at radius 3 is 2.44 bits per heavy atom. The van der Waals surface area contributed by atoms with Crippen molar-refractivity contribution in [3.05, 3.63) is 35.4 Å². The summed E-state index contributed by atoms with van der Waals surface area (Å²) in [4.78, 5) is 0. The first-order valence-electron chi connectivity index (χ1n) is 6.03. The molecule has 1 aliphatic rings. The molecule has 0 spiro atoms. The van der Waals surface area contributed by atoms with E-state index in [0.29, 0.717) is 12.0 Å². The highest BCUT2D eigenvalue weighted by Crippen LogP contribution is 2.27. The Labute approximate surface area is 97.6 Å². The van der Waals surface area contributed by atoms with Gasteiger partial charge in [-0.15, -0.1) is 0 Å². The van der Waals surface area contributed by atoms with E-state index in [1.165, 1.54) is 5.56 Å². The number of ether oxygens (including phenoxy) is 2. The highest BCUT2D eigenvalue weighted by Gasteiger charge is 2.21. The highest BCUT2D eigenvalue weighted by atomic mass is 16.7. The molecular formula is C14H20O2. The molecule has 0 radical (unpaired) electrons. The van der Waals surface area contributed by atoms with Crippen LogP contribution in [0, 0.1) is 0 Å². The van der Waals surface area contributed by atoms with Gasteiger partial charge in [0.2, 0.25) is 0 Å². The van der Waals surface area contributed by atoms with Gasteiger partial charge in [0.05, 0.1) is 12.7 Å². The van der Waals surface area contributed by atoms with Crippen LogP contribution in [-0.4, -0.2) is 12.7 Å². The van der Waals surface area contributed by atoms with E-state index < -0.39 is 0 Å². The van der Waals surface area contributed by atoms with E-state index in [1.54, 1.807) is 0 Å². The fourth-order valence-electron chi connectivity index (χ4n) is 1.87. The molecule has 0 N–H and O–H groups in total. The van der Waals surface area contributed by atoms with Crippen LogP contribution in [0.2, 0.25) is 0 Å². The zero-order valence-electron chi connectivity index (χ0n) is 10.3. The van der Waals surface area contributed by atoms with Crippen LogP contribution in [0.3, 0.4) is 0 Å². The average Bonchev–Trinajstić information content (AvgIpc) is 2.29. The summed E-state index contributed by atoms with van der Waals surface area (Å²) in [6, 6.07) is 8.54. The lowest BCUT2D eigenvalue weighted by Crippen LogP contribution is -2.24. The second-order valence-corrected chi connectivity index (χ2v) is 4.76. The normalized spacial score (nSPS) is 26.0. The maximum atomic E-state index is 5.75. The Morgan fingerprint density at radius 1 is 1.19 bits per heavy atom. The maximum Gasteiger partial charge on any atom is 0.184 e. The van der Waals surface area contributed by atoms with Crippen LogP contribution < -0.4 is 0 Å². The van der Waals surface area contributed by atoms with Gasteiger partial charge < -0.3 is 9.47 Å². The Balaban J connectivity index is 2.09. The lowest BCUT2D eigenvalue weighted by Gasteiger charge is -2.28. The van der Waals surface area contributed by atoms with E-state index in [-0.39, 0.29) is 6.29 Å². The molecule has 0 amide bonds. The van der Waals surface area contributed by atoms with E-state index in [2.05, 4.69) is 45.0 Å². The molecule has 1 fully saturated rings. The summed E-state index contributed by atoms with van der Waals surface area (Å²) in [5.41, 5.74) is 2.48. The van der Waals surface area contributed by atoms with Crippen molar-refractivity contribution in [3.63, 3.8) is 0 Å². The molecule has 1 aliphatic heterocycles. The number of hydrogen-bond donors (Lipinski definition) is 0. The van der Waals surface area contributed by atoms with Crippen molar-refractivity contribution < 1.29 is 9.47 Å². The molecule has 16 heavy (non-hydrogen) atoms. The van der Waals surface area contributed by atoms with Gasteiger partial charge in [-0.1, -0.05) is 38.1 Å². The molecule has 1 heterocycles. The maximum absolute atomic E-state index is 5.75. The molecule has 0 saturated carbocycles. The summed E-state index contributed by atoms with van der Waals surface area (Å²) < 4.78 is 11.4. The Hall–Kier alpha value is -0.860. The van der Waals surface area contributed by atoms with E-state index in [0.717, 1.165) is 18.6 Å². The van der Waals surface area contributed by atoms with Gasteiger partial charge in [-0.2, -0.15) is 0 Å². The number of benzene rings is 1. The lowest BCUT2D eigenvalue weighted by molar-refractivity contribution is -0.212. The van der Waals surface area contributed by atoms with Crippen LogP contribution in [0.25, 0.3) is 0 Å². The molecule has 88 valence electrons. The summed E-state index contributed by atoms with van der Waals surface area (Å²) in [6.45, 7) is 7.28. The fraction of sp³-hybridized carbons (Fsp3) is 0.571. The molecule has 0 unspecified atom stereocenters. The third-order valence-corrected chi connectivity index (χ3v) is 3.02. The third kappa shape index (κ3) is 2.63. The van der Waals surface area contributed by atoms with Gasteiger partial charge in [0, 0.05) is 5.56 Å². The monoisotopic (exact) mass is 220 g/mol. The average molecular weight is 220 g/mol. The Bertz CT molecular complexity index is 329. The van der Waals surface area contributed by atoms with Crippen molar-refractivity contribution in [2.24, 2.45) is 0 Å². The van der Waals surface area contributed by atoms with Gasteiger partial charge in [-0.3, -0.25) is 0 Å². The van der Waals surface area contributed by atoms with Crippen LogP contribution >= 0.6 is 0 Å². The summed E-state index contributed by atoms with van der Waals surface area (Å²) >= 11 is 0. The van der Waals surface area contributed by atoms with Crippen molar-refractivity contribution in [2.75, 3.05) is 6.61 Å². The van der Waals surface area contributed by atoms with E-state index in [1.807, 2.05) is 0 Å². The van der Waals surface area contributed by atoms with Gasteiger partial charge in [0.25, 0.3) is 0 Å². The minimum Gasteiger partial charge on any atom is -0.348 e. The fourth-order valence-corrected chi connectivity index (χ4v) is 1.87. The van der Waals surface area contributed by atoms with Crippen LogP contribution in [0.15, 0.2) is 24.3 Å². The number of rotatable bonds is 2. The van der Waals surface area contributed by atoms with Crippen LogP contribution in [0.4, 0.5) is 0 Å². The first-order chi connectivity index (χ1) is 7.66. The highest BCUT2D eigenvalue weighted by molar-refractivity contribution is 5.25. The first-order valence-corrected chi connectivity index (χ1v) is 6.03. The minimum atomic E-state index is -0.176. The predicted octanol–water partition coefficient (Wildman–Crippen LogP) is 3.63. The van der Waals surface area contributed by atoms with Crippen molar-refractivity contribution in [3.8, 4) is 0 Å². The minimum absolute atomic E-state index is 0.176. The molecule has 1 aromatic carbocycles. The molecule has 2 nitrogen and oxygen atoms in total. The largest absolute Gasteiger partial charge is 0.348 e. The molecule has 0 aromatic heterocycles. The quantitative estimate of drug-likeness (QED) is 0.757. The van der Waals surface area contributed by atoms with Gasteiger partial charge in [0.1, 0.15) is 0 Å². The summed E-state index contributed by atoms with van der Waals surface area (Å²) in [5, 5.41) is 0. The van der Waals surface area contributed by atoms with Crippen molar-refractivity contribution >= 4 is 0 Å². The SMILES string of the molecule is CC(C)c1ccc([C@@H]2OCC[C@@H](C)O2)cc1. The van der Waals surface area contributed by atoms with E-state index >= 15 is 0 Å². The third-order valence-electron chi connectivity index (χ3n) is 3.02. The van der Waals surface area contributed by atoms with Gasteiger partial charge in [-0.25, -0.2) is 0 Å². The standard InChI is InChI=1S/C14H20O2/c1-10(2)12-4-6-13(7-5-12)14-15-9-8-11(3)16-14/h4-7,10-11,14H,8-9H2,1-3H3/t11-,14-/m1/s1. The van der Waals surface area contributed by atoms with Gasteiger partial charge >= 0.3 is 0 Å². The first kappa shape index (κ1) is 11.6. The molecular weight excluding hydrogens is 200 g/mol. The Kier molecular flexibility index (Phi) is 3.62. The molecule has 2 heteroatoms. The van der Waals surface area contributed by atoms with Crippen molar-refractivity contribution in [1.29, 1.82) is 0 Å². The van der Waals surface area contributed by atoms with Gasteiger partial charge in [0.15, 0.2) is 6.29 Å². The van der Waals surface area contributed by atoms with Gasteiger partial charge in [-0.05, 0) is 24.8 Å². The zero-order valence-corrected chi connectivity index (χ0v) is 10.3. The number of hydrogen-bond acceptors (Lipinski definition) is 2. The molecule has 2 rings (SSSR count). The second kappa shape index (κ2) is 4.98. The predicted molar refractivity (Wildman–Crippen MR) is 64.4 cm³/mol. The van der Waals surface area contributed by atoms with Crippen molar-refractivity contribution in [1.82, 2.24) is 0 Å². The van der Waals surface area contributed by atoms with Crippen molar-refractivity contribution in [2.45, 2.75) is 45.5 Å². The molecule has 0 aliphatic carbocycles. The molecule has 0 bridgehead atoms. The Morgan fingerprint density at radius 2 is 1.88 bits per heavy atom. The lowest BCUT2D eigenvalue weighted by atomic mass is 10.0. The second-order valence-electron chi connectivity index (χ2n) is 4.76. The topological polar surface area (TPSA) is 18.5 Å². The van der Waals surface area contributed by atoms with Crippen LogP contribution in [0.5, 0.6) is 0 Å². The van der Waals surface area contributed by atoms with Crippen LogP contribution in [-0.2, 0) is 9.47 Å². The summed E-state index contributed by atoms with van der Waals surface area (Å²) in [6.07, 6.45) is 1.11. The van der Waals surface area contributed by atoms with Crippen LogP contribution in [0.1, 0.15) is 50.5 Å². The summed E-state index contributed by atoms with van der Waals surface area (Å²) in [5.74, 6) is 0.571. The zero-order chi connectivity index (χ0) is 11.5. The molecule has 1 saturated heterocycles. The summed E-state index contributed by atoms with van der Waals surface area (Å²) in [7, 11) is 0. The van der Waals surface area contributed by atoms with E-state index in [4.69, 9.17) is 9.47 Å². The smallest absolute Gasteiger partial charge is 0.184 e. The molecule has 1 aromatic rings. The molecule has 2 atom stereocenters. The van der Waals surface area contributed by atoms with E-state index in [9.17, 15) is 0 Å².